The second kappa shape index (κ2) is 6.54. The Balaban J connectivity index is 1.29. The fourth-order valence-corrected chi connectivity index (χ4v) is 5.28. The summed E-state index contributed by atoms with van der Waals surface area (Å²) in [5, 5.41) is 7.57. The predicted octanol–water partition coefficient (Wildman–Crippen LogP) is 3.20. The minimum Gasteiger partial charge on any atom is -0.377 e. The third-order valence-electron chi connectivity index (χ3n) is 6.58. The van der Waals surface area contributed by atoms with Gasteiger partial charge in [-0.05, 0) is 42.7 Å². The first-order chi connectivity index (χ1) is 12.8. The molecule has 5 rings (SSSR count). The van der Waals surface area contributed by atoms with E-state index in [4.69, 9.17) is 4.74 Å². The van der Waals surface area contributed by atoms with Crippen molar-refractivity contribution in [3.05, 3.63) is 48.3 Å². The number of carbonyl (C=O) groups is 1. The zero-order chi connectivity index (χ0) is 17.5. The molecule has 0 bridgehead atoms. The van der Waals surface area contributed by atoms with Gasteiger partial charge in [0.25, 0.3) is 5.91 Å². The Morgan fingerprint density at radius 3 is 2.69 bits per heavy atom. The van der Waals surface area contributed by atoms with Gasteiger partial charge in [-0.1, -0.05) is 25.7 Å². The van der Waals surface area contributed by atoms with E-state index in [0.717, 1.165) is 24.6 Å². The molecule has 5 nitrogen and oxygen atoms in total. The number of nitrogens with one attached hydrogen (secondary N) is 1. The van der Waals surface area contributed by atoms with Gasteiger partial charge in [-0.2, -0.15) is 5.10 Å². The van der Waals surface area contributed by atoms with Crippen molar-refractivity contribution in [3.63, 3.8) is 0 Å². The smallest absolute Gasteiger partial charge is 0.251 e. The molecule has 26 heavy (non-hydrogen) atoms. The van der Waals surface area contributed by atoms with E-state index in [0.29, 0.717) is 23.5 Å². The van der Waals surface area contributed by atoms with Crippen LogP contribution in [0.1, 0.15) is 42.5 Å². The lowest BCUT2D eigenvalue weighted by atomic mass is 9.61. The number of aromatic nitrogens is 2. The molecule has 0 radical (unpaired) electrons. The largest absolute Gasteiger partial charge is 0.377 e. The number of ether oxygens (including phenoxy) is 1. The highest BCUT2D eigenvalue weighted by atomic mass is 16.5. The minimum absolute atomic E-state index is 0.0374. The number of fused-ring (bicyclic) bond motifs is 1. The lowest BCUT2D eigenvalue weighted by Gasteiger charge is -2.50. The van der Waals surface area contributed by atoms with Crippen molar-refractivity contribution in [1.82, 2.24) is 15.1 Å². The monoisotopic (exact) mass is 351 g/mol. The van der Waals surface area contributed by atoms with E-state index in [1.165, 1.54) is 25.7 Å². The van der Waals surface area contributed by atoms with Gasteiger partial charge in [0.15, 0.2) is 0 Å². The number of rotatable bonds is 4. The van der Waals surface area contributed by atoms with Crippen LogP contribution in [0.5, 0.6) is 0 Å². The van der Waals surface area contributed by atoms with Gasteiger partial charge in [0.05, 0.1) is 11.8 Å². The Morgan fingerprint density at radius 1 is 1.15 bits per heavy atom. The number of benzene rings is 1. The van der Waals surface area contributed by atoms with Crippen LogP contribution in [0.25, 0.3) is 5.69 Å². The Kier molecular flexibility index (Phi) is 4.04. The second-order valence-electron chi connectivity index (χ2n) is 7.91. The molecule has 3 aliphatic rings. The van der Waals surface area contributed by atoms with Crippen molar-refractivity contribution in [3.8, 4) is 5.69 Å². The fourth-order valence-electron chi connectivity index (χ4n) is 5.28. The molecule has 4 atom stereocenters. The standard InChI is InChI=1S/C21H25N3O2/c25-21(15-6-8-16(9-7-15)24-12-3-11-22-24)23-19-17-10-13-26-20(17)18(19)14-4-1-2-5-14/h3,6-9,11-12,14,17-20H,1-2,4-5,10,13H2,(H,23,25)/t17-,18+,19+,20-/m0/s1. The Morgan fingerprint density at radius 2 is 1.96 bits per heavy atom. The molecular formula is C21H25N3O2. The van der Waals surface area contributed by atoms with Crippen LogP contribution in [0.3, 0.4) is 0 Å². The van der Waals surface area contributed by atoms with E-state index >= 15 is 0 Å². The number of hydrogen-bond acceptors (Lipinski definition) is 3. The molecule has 2 aliphatic carbocycles. The summed E-state index contributed by atoms with van der Waals surface area (Å²) in [7, 11) is 0. The maximum atomic E-state index is 12.8. The third kappa shape index (κ3) is 2.65. The number of nitrogens with zero attached hydrogens (tertiary/aromatic N) is 2. The molecular weight excluding hydrogens is 326 g/mol. The summed E-state index contributed by atoms with van der Waals surface area (Å²) in [6, 6.07) is 9.83. The zero-order valence-corrected chi connectivity index (χ0v) is 14.9. The van der Waals surface area contributed by atoms with Gasteiger partial charge in [-0.25, -0.2) is 4.68 Å². The second-order valence-corrected chi connectivity index (χ2v) is 7.91. The van der Waals surface area contributed by atoms with Crippen LogP contribution in [-0.2, 0) is 4.74 Å². The van der Waals surface area contributed by atoms with Gasteiger partial charge in [0.2, 0.25) is 0 Å². The number of amides is 1. The van der Waals surface area contributed by atoms with Gasteiger partial charge < -0.3 is 10.1 Å². The van der Waals surface area contributed by atoms with Crippen LogP contribution in [0.4, 0.5) is 0 Å². The van der Waals surface area contributed by atoms with E-state index in [-0.39, 0.29) is 11.9 Å². The van der Waals surface area contributed by atoms with Gasteiger partial charge in [-0.3, -0.25) is 4.79 Å². The molecule has 1 aromatic heterocycles. The van der Waals surface area contributed by atoms with Gasteiger partial charge in [-0.15, -0.1) is 0 Å². The highest BCUT2D eigenvalue weighted by molar-refractivity contribution is 5.94. The SMILES string of the molecule is O=C(N[C@@H]1[C@@H]2CCO[C@@H]2[C@@H]1C1CCCC1)c1ccc(-n2cccn2)cc1. The van der Waals surface area contributed by atoms with E-state index in [2.05, 4.69) is 10.4 Å². The van der Waals surface area contributed by atoms with Gasteiger partial charge >= 0.3 is 0 Å². The highest BCUT2D eigenvalue weighted by Crippen LogP contribution is 2.51. The molecule has 2 aromatic rings. The molecule has 0 spiro atoms. The molecule has 1 aliphatic heterocycles. The van der Waals surface area contributed by atoms with Crippen molar-refractivity contribution < 1.29 is 9.53 Å². The maximum absolute atomic E-state index is 12.8. The highest BCUT2D eigenvalue weighted by Gasteiger charge is 2.56. The van der Waals surface area contributed by atoms with E-state index in [1.54, 1.807) is 10.9 Å². The molecule has 136 valence electrons. The van der Waals surface area contributed by atoms with Crippen LogP contribution in [0, 0.1) is 17.8 Å². The first kappa shape index (κ1) is 16.1. The maximum Gasteiger partial charge on any atom is 0.251 e. The van der Waals surface area contributed by atoms with E-state index in [1.807, 2.05) is 36.5 Å². The van der Waals surface area contributed by atoms with Gasteiger partial charge in [0, 0.05) is 42.4 Å². The van der Waals surface area contributed by atoms with Crippen molar-refractivity contribution in [2.75, 3.05) is 6.61 Å². The Bertz CT molecular complexity index is 760. The van der Waals surface area contributed by atoms with Crippen LogP contribution < -0.4 is 5.32 Å². The molecule has 2 saturated carbocycles. The molecule has 3 fully saturated rings. The summed E-state index contributed by atoms with van der Waals surface area (Å²) in [6.45, 7) is 0.851. The quantitative estimate of drug-likeness (QED) is 0.920. The topological polar surface area (TPSA) is 56.1 Å². The minimum atomic E-state index is 0.0374. The molecule has 5 heteroatoms. The van der Waals surface area contributed by atoms with Crippen molar-refractivity contribution in [2.24, 2.45) is 17.8 Å². The molecule has 1 amide bonds. The molecule has 1 N–H and O–H groups in total. The van der Waals surface area contributed by atoms with Gasteiger partial charge in [0.1, 0.15) is 0 Å². The zero-order valence-electron chi connectivity index (χ0n) is 14.9. The third-order valence-corrected chi connectivity index (χ3v) is 6.58. The summed E-state index contributed by atoms with van der Waals surface area (Å²) in [4.78, 5) is 12.8. The van der Waals surface area contributed by atoms with Crippen LogP contribution in [-0.4, -0.2) is 34.4 Å². The first-order valence-electron chi connectivity index (χ1n) is 9.84. The molecule has 0 unspecified atom stereocenters. The summed E-state index contributed by atoms with van der Waals surface area (Å²) < 4.78 is 7.79. The first-order valence-corrected chi connectivity index (χ1v) is 9.84. The Labute approximate surface area is 153 Å². The van der Waals surface area contributed by atoms with Crippen molar-refractivity contribution in [2.45, 2.75) is 44.2 Å². The molecule has 2 heterocycles. The number of hydrogen-bond donors (Lipinski definition) is 1. The molecule has 1 aromatic carbocycles. The summed E-state index contributed by atoms with van der Waals surface area (Å²) >= 11 is 0. The Hall–Kier alpha value is -2.14. The van der Waals surface area contributed by atoms with E-state index in [9.17, 15) is 4.79 Å². The van der Waals surface area contributed by atoms with E-state index < -0.39 is 0 Å². The summed E-state index contributed by atoms with van der Waals surface area (Å²) in [6.07, 6.45) is 10.4. The average molecular weight is 351 g/mol. The normalized spacial score (nSPS) is 30.8. The average Bonchev–Trinajstić information content (AvgIpc) is 3.42. The predicted molar refractivity (Wildman–Crippen MR) is 98.1 cm³/mol. The lowest BCUT2D eigenvalue weighted by molar-refractivity contribution is -0.0784. The summed E-state index contributed by atoms with van der Waals surface area (Å²) in [5.74, 6) is 1.78. The molecule has 1 saturated heterocycles. The van der Waals surface area contributed by atoms with Crippen LogP contribution in [0.15, 0.2) is 42.7 Å². The van der Waals surface area contributed by atoms with Crippen molar-refractivity contribution in [1.29, 1.82) is 0 Å². The number of carbonyl (C=O) groups excluding carboxylic acids is 1. The van der Waals surface area contributed by atoms with Crippen LogP contribution >= 0.6 is 0 Å². The summed E-state index contributed by atoms with van der Waals surface area (Å²) in [5.41, 5.74) is 1.68. The van der Waals surface area contributed by atoms with Crippen LogP contribution in [0.2, 0.25) is 0 Å². The fraction of sp³-hybridized carbons (Fsp3) is 0.524. The van der Waals surface area contributed by atoms with Crippen molar-refractivity contribution >= 4 is 5.91 Å². The lowest BCUT2D eigenvalue weighted by Crippen LogP contribution is -2.63.